The number of hydrogen-bond donors (Lipinski definition) is 1. The maximum Gasteiger partial charge on any atom is 0.233 e. The summed E-state index contributed by atoms with van der Waals surface area (Å²) in [7, 11) is 0. The highest BCUT2D eigenvalue weighted by Gasteiger charge is 2.26. The van der Waals surface area contributed by atoms with Gasteiger partial charge in [0, 0.05) is 22.9 Å². The molecule has 0 radical (unpaired) electrons. The van der Waals surface area contributed by atoms with Gasteiger partial charge in [0.1, 0.15) is 11.6 Å². The van der Waals surface area contributed by atoms with E-state index >= 15 is 0 Å². The molecule has 0 aromatic heterocycles. The molecule has 6 heteroatoms. The van der Waals surface area contributed by atoms with Gasteiger partial charge in [0.15, 0.2) is 6.79 Å². The summed E-state index contributed by atoms with van der Waals surface area (Å²) in [5.74, 6) is 0.995. The first-order valence-electron chi connectivity index (χ1n) is 7.07. The van der Waals surface area contributed by atoms with Gasteiger partial charge in [-0.15, -0.1) is 11.8 Å². The first-order chi connectivity index (χ1) is 10.1. The number of carbonyl (C=O) groups excluding carboxylic acids is 1. The molecule has 0 bridgehead atoms. The Hall–Kier alpha value is -1.27. The van der Waals surface area contributed by atoms with Crippen LogP contribution in [0.5, 0.6) is 5.75 Å². The molecule has 2 aliphatic rings. The third-order valence-corrected chi connectivity index (χ3v) is 4.73. The molecule has 3 rings (SSSR count). The second-order valence-corrected chi connectivity index (χ2v) is 6.73. The van der Waals surface area contributed by atoms with E-state index in [2.05, 4.69) is 5.32 Å². The van der Waals surface area contributed by atoms with Crippen molar-refractivity contribution in [1.82, 2.24) is 5.32 Å². The Kier molecular flexibility index (Phi) is 4.35. The van der Waals surface area contributed by atoms with Crippen molar-refractivity contribution in [2.24, 2.45) is 0 Å². The van der Waals surface area contributed by atoms with E-state index in [0.717, 1.165) is 24.0 Å². The summed E-state index contributed by atoms with van der Waals surface area (Å²) < 4.78 is 24.3. The Bertz CT molecular complexity index is 548. The fourth-order valence-electron chi connectivity index (χ4n) is 2.20. The predicted octanol–water partition coefficient (Wildman–Crippen LogP) is 2.59. The van der Waals surface area contributed by atoms with E-state index in [1.54, 1.807) is 0 Å². The van der Waals surface area contributed by atoms with E-state index < -0.39 is 0 Å². The number of carbonyl (C=O) groups is 1. The second kappa shape index (κ2) is 6.23. The number of amides is 1. The lowest BCUT2D eigenvalue weighted by Gasteiger charge is -2.21. The minimum atomic E-state index is -0.298. The Balaban J connectivity index is 1.64. The molecule has 0 saturated heterocycles. The van der Waals surface area contributed by atoms with Gasteiger partial charge in [-0.2, -0.15) is 0 Å². The van der Waals surface area contributed by atoms with Gasteiger partial charge in [0.2, 0.25) is 5.91 Å². The standard InChI is InChI=1S/C15H18FNO3S/c1-9(15(18)17-13-2-3-13)21-7-11-5-12(16)4-10-6-19-8-20-14(10)11/h4-5,9,13H,2-3,6-8H2,1H3,(H,17,18)/t9-/m1/s1. The number of halogens is 1. The van der Waals surface area contributed by atoms with Crippen molar-refractivity contribution in [3.05, 3.63) is 29.1 Å². The molecule has 1 heterocycles. The van der Waals surface area contributed by atoms with Gasteiger partial charge in [0.25, 0.3) is 0 Å². The topological polar surface area (TPSA) is 47.6 Å². The van der Waals surface area contributed by atoms with Crippen LogP contribution in [-0.2, 0) is 21.9 Å². The molecular weight excluding hydrogens is 293 g/mol. The average Bonchev–Trinajstić information content (AvgIpc) is 3.28. The van der Waals surface area contributed by atoms with Gasteiger partial charge in [-0.25, -0.2) is 4.39 Å². The summed E-state index contributed by atoms with van der Waals surface area (Å²) in [4.78, 5) is 11.9. The van der Waals surface area contributed by atoms with Crippen molar-refractivity contribution in [3.8, 4) is 5.75 Å². The number of thioether (sulfide) groups is 1. The summed E-state index contributed by atoms with van der Waals surface area (Å²) in [6.45, 7) is 2.43. The van der Waals surface area contributed by atoms with Crippen molar-refractivity contribution in [3.63, 3.8) is 0 Å². The molecule has 0 spiro atoms. The van der Waals surface area contributed by atoms with Crippen molar-refractivity contribution in [2.45, 2.75) is 43.4 Å². The lowest BCUT2D eigenvalue weighted by Crippen LogP contribution is -2.32. The molecule has 1 atom stereocenters. The number of hydrogen-bond acceptors (Lipinski definition) is 4. The maximum atomic E-state index is 13.6. The largest absolute Gasteiger partial charge is 0.467 e. The van der Waals surface area contributed by atoms with E-state index in [1.807, 2.05) is 6.92 Å². The average molecular weight is 311 g/mol. The van der Waals surface area contributed by atoms with Gasteiger partial charge < -0.3 is 14.8 Å². The molecule has 1 N–H and O–H groups in total. The van der Waals surface area contributed by atoms with Crippen LogP contribution < -0.4 is 10.1 Å². The molecular formula is C15H18FNO3S. The van der Waals surface area contributed by atoms with E-state index in [9.17, 15) is 9.18 Å². The van der Waals surface area contributed by atoms with Gasteiger partial charge >= 0.3 is 0 Å². The van der Waals surface area contributed by atoms with Crippen LogP contribution in [0.2, 0.25) is 0 Å². The minimum absolute atomic E-state index is 0.0528. The van der Waals surface area contributed by atoms with Crippen LogP contribution in [0, 0.1) is 5.82 Å². The third kappa shape index (κ3) is 3.68. The van der Waals surface area contributed by atoms with Crippen LogP contribution in [0.4, 0.5) is 4.39 Å². The molecule has 1 saturated carbocycles. The summed E-state index contributed by atoms with van der Waals surface area (Å²) in [5, 5.41) is 2.82. The van der Waals surface area contributed by atoms with E-state index in [-0.39, 0.29) is 23.8 Å². The lowest BCUT2D eigenvalue weighted by molar-refractivity contribution is -0.120. The summed E-state index contributed by atoms with van der Waals surface area (Å²) in [6.07, 6.45) is 2.16. The van der Waals surface area contributed by atoms with Crippen molar-refractivity contribution >= 4 is 17.7 Å². The fourth-order valence-corrected chi connectivity index (χ4v) is 3.06. The Morgan fingerprint density at radius 1 is 1.52 bits per heavy atom. The van der Waals surface area contributed by atoms with Crippen LogP contribution in [0.1, 0.15) is 30.9 Å². The number of rotatable bonds is 5. The lowest BCUT2D eigenvalue weighted by atomic mass is 10.1. The molecule has 0 unspecified atom stereocenters. The molecule has 4 nitrogen and oxygen atoms in total. The van der Waals surface area contributed by atoms with Crippen LogP contribution in [0.15, 0.2) is 12.1 Å². The summed E-state index contributed by atoms with van der Waals surface area (Å²) in [6, 6.07) is 3.28. The highest BCUT2D eigenvalue weighted by molar-refractivity contribution is 7.99. The first-order valence-corrected chi connectivity index (χ1v) is 8.12. The van der Waals surface area contributed by atoms with Crippen LogP contribution in [-0.4, -0.2) is 24.0 Å². The third-order valence-electron chi connectivity index (χ3n) is 3.53. The van der Waals surface area contributed by atoms with E-state index in [0.29, 0.717) is 24.2 Å². The van der Waals surface area contributed by atoms with Gasteiger partial charge in [-0.05, 0) is 31.9 Å². The maximum absolute atomic E-state index is 13.6. The Morgan fingerprint density at radius 2 is 2.33 bits per heavy atom. The van der Waals surface area contributed by atoms with Gasteiger partial charge in [-0.1, -0.05) is 0 Å². The van der Waals surface area contributed by atoms with Crippen molar-refractivity contribution < 1.29 is 18.7 Å². The quantitative estimate of drug-likeness (QED) is 0.908. The zero-order valence-corrected chi connectivity index (χ0v) is 12.7. The normalized spacial score (nSPS) is 18.6. The van der Waals surface area contributed by atoms with E-state index in [1.165, 1.54) is 23.9 Å². The molecule has 1 amide bonds. The monoisotopic (exact) mass is 311 g/mol. The molecule has 1 fully saturated rings. The van der Waals surface area contributed by atoms with Crippen LogP contribution in [0.3, 0.4) is 0 Å². The molecule has 1 aromatic rings. The minimum Gasteiger partial charge on any atom is -0.467 e. The zero-order chi connectivity index (χ0) is 14.8. The highest BCUT2D eigenvalue weighted by Crippen LogP contribution is 2.33. The summed E-state index contributed by atoms with van der Waals surface area (Å²) >= 11 is 1.49. The SMILES string of the molecule is C[C@@H](SCc1cc(F)cc2c1OCOC2)C(=O)NC1CC1. The van der Waals surface area contributed by atoms with E-state index in [4.69, 9.17) is 9.47 Å². The number of benzene rings is 1. The van der Waals surface area contributed by atoms with Gasteiger partial charge in [-0.3, -0.25) is 4.79 Å². The van der Waals surface area contributed by atoms with Crippen LogP contribution in [0.25, 0.3) is 0 Å². The first kappa shape index (κ1) is 14.7. The molecule has 1 aliphatic carbocycles. The fraction of sp³-hybridized carbons (Fsp3) is 0.533. The van der Waals surface area contributed by atoms with Gasteiger partial charge in [0.05, 0.1) is 11.9 Å². The van der Waals surface area contributed by atoms with Crippen molar-refractivity contribution in [1.29, 1.82) is 0 Å². The number of ether oxygens (including phenoxy) is 2. The zero-order valence-electron chi connectivity index (χ0n) is 11.9. The predicted molar refractivity (Wildman–Crippen MR) is 78.6 cm³/mol. The van der Waals surface area contributed by atoms with Crippen molar-refractivity contribution in [2.75, 3.05) is 6.79 Å². The highest BCUT2D eigenvalue weighted by atomic mass is 32.2. The molecule has 114 valence electrons. The second-order valence-electron chi connectivity index (χ2n) is 5.40. The molecule has 21 heavy (non-hydrogen) atoms. The smallest absolute Gasteiger partial charge is 0.233 e. The number of fused-ring (bicyclic) bond motifs is 1. The summed E-state index contributed by atoms with van der Waals surface area (Å²) in [5.41, 5.74) is 1.51. The van der Waals surface area contributed by atoms with Crippen LogP contribution >= 0.6 is 11.8 Å². The molecule has 1 aliphatic heterocycles. The number of nitrogens with one attached hydrogen (secondary N) is 1. The Morgan fingerprint density at radius 3 is 3.10 bits per heavy atom. The Labute approximate surface area is 127 Å². The molecule has 1 aromatic carbocycles.